The van der Waals surface area contributed by atoms with Crippen LogP contribution in [-0.4, -0.2) is 20.4 Å². The van der Waals surface area contributed by atoms with Gasteiger partial charge in [0.15, 0.2) is 4.34 Å². The van der Waals surface area contributed by atoms with Gasteiger partial charge in [0.25, 0.3) is 0 Å². The fourth-order valence-electron chi connectivity index (χ4n) is 1.43. The Morgan fingerprint density at radius 1 is 1.30 bits per heavy atom. The van der Waals surface area contributed by atoms with Crippen molar-refractivity contribution < 1.29 is 8.83 Å². The third kappa shape index (κ3) is 3.36. The van der Waals surface area contributed by atoms with E-state index in [4.69, 9.17) is 8.83 Å². The molecule has 0 saturated carbocycles. The summed E-state index contributed by atoms with van der Waals surface area (Å²) in [5.41, 5.74) is 0. The molecule has 0 saturated heterocycles. The smallest absolute Gasteiger partial charge is 0.226 e. The fourth-order valence-corrected chi connectivity index (χ4v) is 3.02. The lowest BCUT2D eigenvalue weighted by molar-refractivity contribution is 0.485. The van der Waals surface area contributed by atoms with Gasteiger partial charge in [0.1, 0.15) is 5.76 Å². The molecule has 1 N–H and O–H groups in total. The van der Waals surface area contributed by atoms with E-state index in [-0.39, 0.29) is 0 Å². The average molecular weight is 309 g/mol. The van der Waals surface area contributed by atoms with Gasteiger partial charge in [0.05, 0.1) is 18.6 Å². The zero-order valence-corrected chi connectivity index (χ0v) is 12.2. The minimum Gasteiger partial charge on any atom is -0.467 e. The van der Waals surface area contributed by atoms with Crippen LogP contribution >= 0.6 is 23.1 Å². The van der Waals surface area contributed by atoms with Crippen LogP contribution in [0, 0.1) is 6.92 Å². The first-order chi connectivity index (χ1) is 9.79. The molecule has 0 aliphatic carbocycles. The van der Waals surface area contributed by atoms with Crippen molar-refractivity contribution in [1.82, 2.24) is 20.4 Å². The highest BCUT2D eigenvalue weighted by molar-refractivity contribution is 8.00. The Bertz CT molecular complexity index is 664. The van der Waals surface area contributed by atoms with Crippen molar-refractivity contribution in [1.29, 1.82) is 0 Å². The third-order valence-corrected chi connectivity index (χ3v) is 4.29. The number of aromatic nitrogens is 4. The molecule has 9 heteroatoms. The van der Waals surface area contributed by atoms with Crippen LogP contribution in [0.2, 0.25) is 0 Å². The molecule has 0 aliphatic heterocycles. The van der Waals surface area contributed by atoms with Gasteiger partial charge in [0.2, 0.25) is 16.9 Å². The molecule has 0 unspecified atom stereocenters. The van der Waals surface area contributed by atoms with Crippen LogP contribution in [0.4, 0.5) is 5.13 Å². The molecule has 0 fully saturated rings. The van der Waals surface area contributed by atoms with Crippen LogP contribution in [0.1, 0.15) is 17.5 Å². The van der Waals surface area contributed by atoms with E-state index < -0.39 is 0 Å². The maximum absolute atomic E-state index is 5.29. The molecule has 0 radical (unpaired) electrons. The van der Waals surface area contributed by atoms with E-state index in [0.717, 1.165) is 15.2 Å². The van der Waals surface area contributed by atoms with Gasteiger partial charge in [-0.15, -0.1) is 20.4 Å². The summed E-state index contributed by atoms with van der Waals surface area (Å²) in [6.07, 6.45) is 1.64. The molecule has 3 aromatic heterocycles. The molecule has 0 spiro atoms. The van der Waals surface area contributed by atoms with Crippen molar-refractivity contribution >= 4 is 28.2 Å². The van der Waals surface area contributed by atoms with E-state index in [1.54, 1.807) is 13.2 Å². The monoisotopic (exact) mass is 309 g/mol. The van der Waals surface area contributed by atoms with Crippen molar-refractivity contribution in [2.75, 3.05) is 5.32 Å². The first kappa shape index (κ1) is 13.1. The molecule has 3 heterocycles. The van der Waals surface area contributed by atoms with Gasteiger partial charge in [-0.1, -0.05) is 23.1 Å². The Balaban J connectivity index is 1.51. The molecule has 20 heavy (non-hydrogen) atoms. The number of hydrogen-bond acceptors (Lipinski definition) is 9. The second-order valence-corrected chi connectivity index (χ2v) is 6.01. The van der Waals surface area contributed by atoms with Crippen molar-refractivity contribution in [3.05, 3.63) is 35.9 Å². The Kier molecular flexibility index (Phi) is 3.97. The van der Waals surface area contributed by atoms with Crippen LogP contribution in [0.25, 0.3) is 0 Å². The number of nitrogens with zero attached hydrogens (tertiary/aromatic N) is 4. The first-order valence-corrected chi connectivity index (χ1v) is 7.61. The second-order valence-electron chi connectivity index (χ2n) is 3.81. The molecule has 0 aromatic carbocycles. The maximum atomic E-state index is 5.29. The van der Waals surface area contributed by atoms with Crippen molar-refractivity contribution in [2.45, 2.75) is 23.6 Å². The molecule has 7 nitrogen and oxygen atoms in total. The summed E-state index contributed by atoms with van der Waals surface area (Å²) in [6, 6.07) is 3.76. The largest absolute Gasteiger partial charge is 0.467 e. The minimum absolute atomic E-state index is 0.568. The summed E-state index contributed by atoms with van der Waals surface area (Å²) in [6.45, 7) is 2.36. The molecular formula is C11H11N5O2S2. The van der Waals surface area contributed by atoms with Crippen molar-refractivity contribution in [3.63, 3.8) is 0 Å². The van der Waals surface area contributed by atoms with Crippen LogP contribution in [0.3, 0.4) is 0 Å². The molecule has 104 valence electrons. The van der Waals surface area contributed by atoms with Crippen LogP contribution in [0.5, 0.6) is 0 Å². The number of furan rings is 1. The average Bonchev–Trinajstić information content (AvgIpc) is 3.16. The first-order valence-electron chi connectivity index (χ1n) is 5.81. The summed E-state index contributed by atoms with van der Waals surface area (Å²) < 4.78 is 11.4. The van der Waals surface area contributed by atoms with E-state index in [9.17, 15) is 0 Å². The maximum Gasteiger partial charge on any atom is 0.226 e. The SMILES string of the molecule is Cc1nnc(CSc2nnc(NCc3ccco3)s2)o1. The normalized spacial score (nSPS) is 10.8. The van der Waals surface area contributed by atoms with Gasteiger partial charge in [-0.05, 0) is 12.1 Å². The van der Waals surface area contributed by atoms with Gasteiger partial charge < -0.3 is 14.2 Å². The Hall–Kier alpha value is -1.87. The van der Waals surface area contributed by atoms with Gasteiger partial charge in [0, 0.05) is 6.92 Å². The summed E-state index contributed by atoms with van der Waals surface area (Å²) in [5, 5.41) is 19.8. The van der Waals surface area contributed by atoms with Crippen molar-refractivity contribution in [2.24, 2.45) is 0 Å². The van der Waals surface area contributed by atoms with E-state index in [1.807, 2.05) is 12.1 Å². The summed E-state index contributed by atoms with van der Waals surface area (Å²) >= 11 is 3.00. The second kappa shape index (κ2) is 6.06. The zero-order valence-electron chi connectivity index (χ0n) is 10.6. The minimum atomic E-state index is 0.568. The lowest BCUT2D eigenvalue weighted by Gasteiger charge is -1.96. The number of aryl methyl sites for hydroxylation is 1. The molecule has 0 atom stereocenters. The molecule has 0 amide bonds. The Morgan fingerprint density at radius 2 is 2.25 bits per heavy atom. The molecule has 3 aromatic rings. The highest BCUT2D eigenvalue weighted by Crippen LogP contribution is 2.28. The lowest BCUT2D eigenvalue weighted by Crippen LogP contribution is -1.96. The van der Waals surface area contributed by atoms with E-state index in [1.165, 1.54) is 23.1 Å². The lowest BCUT2D eigenvalue weighted by atomic mass is 10.4. The third-order valence-electron chi connectivity index (χ3n) is 2.29. The van der Waals surface area contributed by atoms with E-state index in [2.05, 4.69) is 25.7 Å². The van der Waals surface area contributed by atoms with E-state index >= 15 is 0 Å². The topological polar surface area (TPSA) is 89.9 Å². The predicted octanol–water partition coefficient (Wildman–Crippen LogP) is 2.73. The van der Waals surface area contributed by atoms with Crippen LogP contribution in [-0.2, 0) is 12.3 Å². The van der Waals surface area contributed by atoms with Gasteiger partial charge >= 0.3 is 0 Å². The fraction of sp³-hybridized carbons (Fsp3) is 0.273. The van der Waals surface area contributed by atoms with E-state index in [0.29, 0.717) is 24.1 Å². The van der Waals surface area contributed by atoms with Crippen molar-refractivity contribution in [3.8, 4) is 0 Å². The molecule has 0 bridgehead atoms. The number of anilines is 1. The Labute approximate surface area is 122 Å². The Morgan fingerprint density at radius 3 is 3.00 bits per heavy atom. The summed E-state index contributed by atoms with van der Waals surface area (Å²) in [5.74, 6) is 2.61. The predicted molar refractivity (Wildman–Crippen MR) is 74.5 cm³/mol. The molecule has 0 aliphatic rings. The number of thioether (sulfide) groups is 1. The quantitative estimate of drug-likeness (QED) is 0.695. The number of rotatable bonds is 6. The zero-order chi connectivity index (χ0) is 13.8. The van der Waals surface area contributed by atoms with Gasteiger partial charge in [-0.25, -0.2) is 0 Å². The highest BCUT2D eigenvalue weighted by Gasteiger charge is 2.08. The van der Waals surface area contributed by atoms with Crippen LogP contribution in [0.15, 0.2) is 31.6 Å². The molecular weight excluding hydrogens is 298 g/mol. The number of hydrogen-bond donors (Lipinski definition) is 1. The summed E-state index contributed by atoms with van der Waals surface area (Å²) in [7, 11) is 0. The van der Waals surface area contributed by atoms with Gasteiger partial charge in [-0.2, -0.15) is 0 Å². The number of nitrogens with one attached hydrogen (secondary N) is 1. The standard InChI is InChI=1S/C11H11N5O2S2/c1-7-13-14-9(18-7)6-19-11-16-15-10(20-11)12-5-8-3-2-4-17-8/h2-4H,5-6H2,1H3,(H,12,15). The highest BCUT2D eigenvalue weighted by atomic mass is 32.2. The van der Waals surface area contributed by atoms with Crippen LogP contribution < -0.4 is 5.32 Å². The van der Waals surface area contributed by atoms with Gasteiger partial charge in [-0.3, -0.25) is 0 Å². The molecule has 3 rings (SSSR count). The summed E-state index contributed by atoms with van der Waals surface area (Å²) in [4.78, 5) is 0.